The average molecular weight is 1660 g/mol. The normalized spacial score (nSPS) is 9.55. The number of aromatic nitrogens is 20. The van der Waals surface area contributed by atoms with Crippen molar-refractivity contribution in [2.24, 2.45) is 56.4 Å². The van der Waals surface area contributed by atoms with Crippen molar-refractivity contribution < 1.29 is 17.9 Å². The summed E-state index contributed by atoms with van der Waals surface area (Å²) in [6.07, 6.45) is 27.3. The molecule has 0 saturated carbocycles. The highest BCUT2D eigenvalue weighted by Gasteiger charge is 2.00. The maximum Gasteiger partial charge on any atom is 0.181 e. The van der Waals surface area contributed by atoms with E-state index in [2.05, 4.69) is 205 Å². The molecule has 16 heterocycles. The van der Waals surface area contributed by atoms with Crippen LogP contribution in [0, 0.1) is 194 Å². The molecule has 0 unspecified atom stereocenters. The van der Waals surface area contributed by atoms with Crippen LogP contribution in [0.5, 0.6) is 0 Å². The first-order chi connectivity index (χ1) is 54.5. The Hall–Kier alpha value is -10.7. The molecule has 0 saturated heterocycles. The van der Waals surface area contributed by atoms with Crippen molar-refractivity contribution in [3.63, 3.8) is 0 Å². The molecule has 0 bridgehead atoms. The fraction of sp³-hybridized carbons (Fsp3) is 0.409. The third-order valence-corrected chi connectivity index (χ3v) is 21.9. The van der Waals surface area contributed by atoms with Crippen LogP contribution >= 0.6 is 45.7 Å². The highest BCUT2D eigenvalue weighted by Crippen LogP contribution is 2.14. The molecule has 0 atom stereocenters. The molecular formula is C88H132N20O4S4. The van der Waals surface area contributed by atoms with Gasteiger partial charge < -0.3 is 40.7 Å². The Bertz CT molecular complexity index is 3980. The topological polar surface area (TPSA) is 247 Å². The maximum atomic E-state index is 4.96. The van der Waals surface area contributed by atoms with E-state index < -0.39 is 0 Å². The summed E-state index contributed by atoms with van der Waals surface area (Å²) in [6.45, 7) is 56.7. The molecule has 16 aromatic rings. The van der Waals surface area contributed by atoms with E-state index in [1.54, 1.807) is 71.7 Å². The van der Waals surface area contributed by atoms with E-state index in [0.29, 0.717) is 0 Å². The molecule has 16 aromatic heterocycles. The maximum absolute atomic E-state index is 4.96. The Kier molecular flexibility index (Phi) is 49.7. The van der Waals surface area contributed by atoms with E-state index in [-0.39, 0.29) is 0 Å². The third-order valence-electron chi connectivity index (χ3n) is 18.4. The summed E-state index contributed by atoms with van der Waals surface area (Å²) in [5, 5.41) is 23.4. The van der Waals surface area contributed by atoms with Crippen LogP contribution in [-0.2, 0) is 56.4 Å². The Morgan fingerprint density at radius 2 is 1.09 bits per heavy atom. The number of aryl methyl sites for hydroxylation is 33. The highest BCUT2D eigenvalue weighted by atomic mass is 32.1. The van der Waals surface area contributed by atoms with Crippen LogP contribution in [0.2, 0.25) is 0 Å². The molecule has 0 aliphatic carbocycles. The zero-order valence-corrected chi connectivity index (χ0v) is 79.3. The van der Waals surface area contributed by atoms with Gasteiger partial charge >= 0.3 is 0 Å². The fourth-order valence-electron chi connectivity index (χ4n) is 7.52. The minimum atomic E-state index is 0.903. The van der Waals surface area contributed by atoms with Crippen molar-refractivity contribution in [2.45, 2.75) is 194 Å². The van der Waals surface area contributed by atoms with Crippen LogP contribution in [0.25, 0.3) is 0 Å². The summed E-state index contributed by atoms with van der Waals surface area (Å²) in [7, 11) is 15.8. The van der Waals surface area contributed by atoms with Crippen LogP contribution in [0.1, 0.15) is 156 Å². The van der Waals surface area contributed by atoms with Gasteiger partial charge in [0.05, 0.1) is 71.0 Å². The number of furan rings is 1. The molecule has 0 radical (unpaired) electrons. The second-order valence-corrected chi connectivity index (χ2v) is 31.3. The van der Waals surface area contributed by atoms with Gasteiger partial charge in [-0.05, 0) is 298 Å². The molecule has 116 heavy (non-hydrogen) atoms. The van der Waals surface area contributed by atoms with E-state index >= 15 is 0 Å². The van der Waals surface area contributed by atoms with Crippen molar-refractivity contribution >= 4 is 45.7 Å². The minimum Gasteiger partial charge on any atom is -0.469 e. The standard InChI is InChI=1S/C7H11N.3C6H10N2.C6H9N.C6H8O.C6H8S.3C5H8N2.3C5H7NO.3C5H7NS/c1-6-4-5-8(3)7(6)2;1-5-6(2)8(3)4-7-5;1-5-4-8(3)7-6(5)2;1-5-4-7-8(3)6(5)2;1-6-4-3-5-7(6)2;2*1-5-3-4-7-6(5)2;1-5-3-6-4-7(5)2;1-5-6-3-4-7(5)2;1-5-3-4-6-7(5)2;1-4-5(2)7-3-6-4;1-4-3-7-6-5(4)2;1-4-3-6-7-5(4)2;1-4-5(2)7-3-6-4;1-4-3-7-6-5(4)2;1-4-3-6-7-5(4)2/h4-5H,1-3H3;3*4H,1-3H3;3-5H,1-2H3;5*3-4H,1-2H3;6*3H,1-2H3. The molecule has 0 N–H and O–H groups in total. The third kappa shape index (κ3) is 42.1. The molecule has 0 aliphatic heterocycles. The lowest BCUT2D eigenvalue weighted by molar-refractivity contribution is 0.396. The summed E-state index contributed by atoms with van der Waals surface area (Å²) in [5.74, 6) is 3.88. The van der Waals surface area contributed by atoms with Crippen molar-refractivity contribution in [1.29, 1.82) is 0 Å². The quantitative estimate of drug-likeness (QED) is 0.137. The van der Waals surface area contributed by atoms with Crippen LogP contribution in [0.3, 0.4) is 0 Å². The monoisotopic (exact) mass is 1660 g/mol. The van der Waals surface area contributed by atoms with Gasteiger partial charge in [-0.1, -0.05) is 10.3 Å². The van der Waals surface area contributed by atoms with Gasteiger partial charge in [-0.25, -0.2) is 29.3 Å². The predicted molar refractivity (Wildman–Crippen MR) is 482 cm³/mol. The molecule has 0 aromatic carbocycles. The lowest BCUT2D eigenvalue weighted by Crippen LogP contribution is -1.91. The van der Waals surface area contributed by atoms with E-state index in [0.717, 1.165) is 68.4 Å². The Morgan fingerprint density at radius 1 is 0.397 bits per heavy atom. The molecule has 0 amide bonds. The van der Waals surface area contributed by atoms with E-state index in [4.69, 9.17) is 13.4 Å². The van der Waals surface area contributed by atoms with Crippen LogP contribution < -0.4 is 0 Å². The molecule has 0 fully saturated rings. The number of thiophene rings is 1. The summed E-state index contributed by atoms with van der Waals surface area (Å²) >= 11 is 6.57. The molecule has 28 heteroatoms. The molecule has 24 nitrogen and oxygen atoms in total. The zero-order chi connectivity index (χ0) is 87.9. The fourth-order valence-corrected chi connectivity index (χ4v) is 10.1. The van der Waals surface area contributed by atoms with Crippen LogP contribution in [0.4, 0.5) is 0 Å². The van der Waals surface area contributed by atoms with Gasteiger partial charge in [0.1, 0.15) is 29.4 Å². The Labute approximate surface area is 707 Å². The number of nitrogens with zero attached hydrogens (tertiary/aromatic N) is 20. The van der Waals surface area contributed by atoms with E-state index in [1.165, 1.54) is 106 Å². The second kappa shape index (κ2) is 55.8. The van der Waals surface area contributed by atoms with Gasteiger partial charge in [0.25, 0.3) is 0 Å². The summed E-state index contributed by atoms with van der Waals surface area (Å²) < 4.78 is 42.8. The Balaban J connectivity index is 0.000000619. The summed E-state index contributed by atoms with van der Waals surface area (Å²) in [6, 6.07) is 12.3. The molecule has 632 valence electrons. The number of imidazole rings is 3. The molecular weight excluding hydrogens is 1530 g/mol. The minimum absolute atomic E-state index is 0.903. The lowest BCUT2D eigenvalue weighted by atomic mass is 10.3. The SMILES string of the molecule is Cc1cccn1C.Cc1ccn(C)c1C.Cc1ccnn1C.Cc1ccoc1C.Cc1ccsc1C.Cc1cn(C)nc1C.Cc1cncn1C.Cc1cnn(C)c1C.Cc1cnoc1C.Cc1cnsc1C.Cc1conc1C.Cc1csnc1C.Cc1nccn1C.Cc1ncn(C)c1C.Cc1ncoc1C.Cc1ncsc1C. The smallest absolute Gasteiger partial charge is 0.181 e. The van der Waals surface area contributed by atoms with Crippen molar-refractivity contribution in [3.8, 4) is 0 Å². The average Bonchev–Trinajstić information content (AvgIpc) is 1.77. The first-order valence-corrected chi connectivity index (χ1v) is 41.0. The van der Waals surface area contributed by atoms with Gasteiger partial charge in [-0.3, -0.25) is 14.0 Å². The van der Waals surface area contributed by atoms with Crippen molar-refractivity contribution in [3.05, 3.63) is 302 Å². The molecule has 0 spiro atoms. The Morgan fingerprint density at radius 3 is 1.22 bits per heavy atom. The zero-order valence-electron chi connectivity index (χ0n) is 76.1. The lowest BCUT2D eigenvalue weighted by Gasteiger charge is -1.93. The van der Waals surface area contributed by atoms with Gasteiger partial charge in [0.15, 0.2) is 6.39 Å². The van der Waals surface area contributed by atoms with Gasteiger partial charge in [0, 0.05) is 171 Å². The van der Waals surface area contributed by atoms with Gasteiger partial charge in [-0.2, -0.15) is 19.7 Å². The number of thiazole rings is 1. The number of hydrogen-bond acceptors (Lipinski definition) is 20. The van der Waals surface area contributed by atoms with Crippen LogP contribution in [0.15, 0.2) is 164 Å². The number of rotatable bonds is 0. The first kappa shape index (κ1) is 103. The highest BCUT2D eigenvalue weighted by molar-refractivity contribution is 7.10. The number of oxazole rings is 1. The molecule has 16 rings (SSSR count). The predicted octanol–water partition coefficient (Wildman–Crippen LogP) is 21.7. The number of hydrogen-bond donors (Lipinski definition) is 0. The first-order valence-electron chi connectivity index (χ1n) is 37.6. The summed E-state index contributed by atoms with van der Waals surface area (Å²) in [4.78, 5) is 23.9. The van der Waals surface area contributed by atoms with Crippen molar-refractivity contribution in [2.75, 3.05) is 0 Å². The largest absolute Gasteiger partial charge is 0.469 e. The summed E-state index contributed by atoms with van der Waals surface area (Å²) in [5.41, 5.74) is 27.2. The van der Waals surface area contributed by atoms with E-state index in [1.807, 2.05) is 248 Å². The van der Waals surface area contributed by atoms with Gasteiger partial charge in [-0.15, -0.1) is 22.7 Å². The van der Waals surface area contributed by atoms with E-state index in [9.17, 15) is 0 Å². The van der Waals surface area contributed by atoms with Gasteiger partial charge in [0.2, 0.25) is 0 Å². The van der Waals surface area contributed by atoms with Crippen LogP contribution in [-0.4, -0.2) is 96.2 Å². The second-order valence-electron chi connectivity index (χ2n) is 27.5. The van der Waals surface area contributed by atoms with Crippen molar-refractivity contribution in [1.82, 2.24) is 96.2 Å². The molecule has 0 aliphatic rings.